The molecule has 0 amide bonds. The molecule has 0 aromatic heterocycles. The fraction of sp³-hybridized carbons (Fsp3) is 0.278. The number of hydrogen-bond donors (Lipinski definition) is 0. The van der Waals surface area contributed by atoms with Crippen molar-refractivity contribution in [3.63, 3.8) is 0 Å². The van der Waals surface area contributed by atoms with E-state index < -0.39 is 0 Å². The molecule has 0 N–H and O–H groups in total. The summed E-state index contributed by atoms with van der Waals surface area (Å²) >= 11 is 3.52. The summed E-state index contributed by atoms with van der Waals surface area (Å²) in [6, 6.07) is 14.3. The smallest absolute Gasteiger partial charge is 0.171 e. The first-order valence-electron chi connectivity index (χ1n) is 7.05. The molecular weight excluding hydrogens is 312 g/mol. The van der Waals surface area contributed by atoms with Gasteiger partial charge in [0.1, 0.15) is 0 Å². The number of benzene rings is 2. The van der Waals surface area contributed by atoms with Crippen molar-refractivity contribution in [3.8, 4) is 0 Å². The highest BCUT2D eigenvalue weighted by Crippen LogP contribution is 2.35. The van der Waals surface area contributed by atoms with Gasteiger partial charge < -0.3 is 0 Å². The zero-order chi connectivity index (χ0) is 14.1. The first-order chi connectivity index (χ1) is 9.66. The second-order valence-corrected chi connectivity index (χ2v) is 6.35. The third-order valence-corrected chi connectivity index (χ3v) is 4.76. The van der Waals surface area contributed by atoms with Crippen molar-refractivity contribution in [2.75, 3.05) is 0 Å². The summed E-state index contributed by atoms with van der Waals surface area (Å²) in [7, 11) is 0. The first-order valence-corrected chi connectivity index (χ1v) is 7.84. The average Bonchev–Trinajstić information content (AvgIpc) is 2.48. The first kappa shape index (κ1) is 13.6. The molecule has 0 heterocycles. The van der Waals surface area contributed by atoms with E-state index in [0.29, 0.717) is 0 Å². The molecule has 2 aromatic carbocycles. The third kappa shape index (κ3) is 2.45. The minimum atomic E-state index is 0.0121. The molecule has 1 unspecified atom stereocenters. The van der Waals surface area contributed by atoms with Crippen molar-refractivity contribution in [2.24, 2.45) is 0 Å². The minimum absolute atomic E-state index is 0.0121. The number of fused-ring (bicyclic) bond motifs is 1. The van der Waals surface area contributed by atoms with E-state index in [2.05, 4.69) is 34.1 Å². The largest absolute Gasteiger partial charge is 0.293 e. The van der Waals surface area contributed by atoms with Gasteiger partial charge in [0.05, 0.1) is 0 Å². The number of carbonyl (C=O) groups excluding carboxylic acids is 1. The lowest BCUT2D eigenvalue weighted by atomic mass is 9.79. The lowest BCUT2D eigenvalue weighted by Gasteiger charge is -2.24. The molecule has 0 fully saturated rings. The molecule has 20 heavy (non-hydrogen) atoms. The summed E-state index contributed by atoms with van der Waals surface area (Å²) < 4.78 is 0.899. The molecule has 2 heteroatoms. The topological polar surface area (TPSA) is 17.1 Å². The maximum absolute atomic E-state index is 12.9. The monoisotopic (exact) mass is 328 g/mol. The molecule has 0 bridgehead atoms. The number of halogens is 1. The zero-order valence-electron chi connectivity index (χ0n) is 11.5. The van der Waals surface area contributed by atoms with E-state index >= 15 is 0 Å². The summed E-state index contributed by atoms with van der Waals surface area (Å²) in [6.07, 6.45) is 3.14. The minimum Gasteiger partial charge on any atom is -0.293 e. The van der Waals surface area contributed by atoms with Gasteiger partial charge >= 0.3 is 0 Å². The highest BCUT2D eigenvalue weighted by atomic mass is 79.9. The van der Waals surface area contributed by atoms with Gasteiger partial charge in [0.2, 0.25) is 0 Å². The Balaban J connectivity index is 2.02. The highest BCUT2D eigenvalue weighted by molar-refractivity contribution is 9.10. The third-order valence-electron chi connectivity index (χ3n) is 4.07. The van der Waals surface area contributed by atoms with Crippen LogP contribution in [0.15, 0.2) is 46.9 Å². The number of ketones is 1. The Labute approximate surface area is 128 Å². The molecule has 1 aliphatic carbocycles. The van der Waals surface area contributed by atoms with Crippen molar-refractivity contribution in [2.45, 2.75) is 32.1 Å². The molecule has 0 saturated carbocycles. The maximum atomic E-state index is 12.9. The van der Waals surface area contributed by atoms with Gasteiger partial charge in [-0.1, -0.05) is 51.8 Å². The lowest BCUT2D eigenvalue weighted by Crippen LogP contribution is -2.19. The number of aryl methyl sites for hydroxylation is 2. The van der Waals surface area contributed by atoms with Crippen LogP contribution in [0.5, 0.6) is 0 Å². The van der Waals surface area contributed by atoms with Crippen LogP contribution >= 0.6 is 15.9 Å². The SMILES string of the molecule is Cc1ccc(Br)c(C(=O)C2CCCc3ccccc32)c1. The normalized spacial score (nSPS) is 17.6. The molecule has 0 saturated heterocycles. The summed E-state index contributed by atoms with van der Waals surface area (Å²) in [5, 5.41) is 0. The van der Waals surface area contributed by atoms with Crippen LogP contribution in [0.3, 0.4) is 0 Å². The molecule has 102 valence electrons. The van der Waals surface area contributed by atoms with Crippen molar-refractivity contribution in [1.29, 1.82) is 0 Å². The van der Waals surface area contributed by atoms with Crippen LogP contribution in [0.25, 0.3) is 0 Å². The van der Waals surface area contributed by atoms with Gasteiger partial charge in [-0.2, -0.15) is 0 Å². The van der Waals surface area contributed by atoms with Crippen LogP contribution in [0, 0.1) is 6.92 Å². The van der Waals surface area contributed by atoms with Gasteiger partial charge in [0.25, 0.3) is 0 Å². The molecule has 3 rings (SSSR count). The highest BCUT2D eigenvalue weighted by Gasteiger charge is 2.28. The van der Waals surface area contributed by atoms with Crippen LogP contribution < -0.4 is 0 Å². The van der Waals surface area contributed by atoms with Crippen molar-refractivity contribution < 1.29 is 4.79 Å². The molecule has 2 aromatic rings. The summed E-state index contributed by atoms with van der Waals surface area (Å²) in [5.74, 6) is 0.255. The van der Waals surface area contributed by atoms with E-state index in [1.54, 1.807) is 0 Å². The van der Waals surface area contributed by atoms with Gasteiger partial charge in [-0.25, -0.2) is 0 Å². The molecule has 0 radical (unpaired) electrons. The summed E-state index contributed by atoms with van der Waals surface area (Å²) in [6.45, 7) is 2.03. The Morgan fingerprint density at radius 3 is 2.85 bits per heavy atom. The van der Waals surface area contributed by atoms with E-state index in [9.17, 15) is 4.79 Å². The fourth-order valence-corrected chi connectivity index (χ4v) is 3.48. The predicted molar refractivity (Wildman–Crippen MR) is 85.3 cm³/mol. The number of hydrogen-bond acceptors (Lipinski definition) is 1. The second-order valence-electron chi connectivity index (χ2n) is 5.49. The Hall–Kier alpha value is -1.41. The Bertz CT molecular complexity index is 660. The molecule has 1 aliphatic rings. The molecule has 1 atom stereocenters. The quantitative estimate of drug-likeness (QED) is 0.704. The van der Waals surface area contributed by atoms with Gasteiger partial charge in [-0.15, -0.1) is 0 Å². The number of Topliss-reactive ketones (excluding diaryl/α,β-unsaturated/α-hetero) is 1. The maximum Gasteiger partial charge on any atom is 0.171 e. The van der Waals surface area contributed by atoms with Gasteiger partial charge in [-0.05, 0) is 49.4 Å². The van der Waals surface area contributed by atoms with Crippen LogP contribution in [-0.4, -0.2) is 5.78 Å². The van der Waals surface area contributed by atoms with Crippen LogP contribution in [0.1, 0.15) is 45.8 Å². The van der Waals surface area contributed by atoms with Gasteiger partial charge in [0, 0.05) is 16.0 Å². The average molecular weight is 329 g/mol. The summed E-state index contributed by atoms with van der Waals surface area (Å²) in [4.78, 5) is 12.9. The Morgan fingerprint density at radius 2 is 2.00 bits per heavy atom. The van der Waals surface area contributed by atoms with E-state index in [1.807, 2.05) is 31.2 Å². The van der Waals surface area contributed by atoms with Crippen molar-refractivity contribution in [3.05, 3.63) is 69.2 Å². The number of carbonyl (C=O) groups is 1. The van der Waals surface area contributed by atoms with Crippen molar-refractivity contribution >= 4 is 21.7 Å². The Kier molecular flexibility index (Phi) is 3.75. The summed E-state index contributed by atoms with van der Waals surface area (Å²) in [5.41, 5.74) is 4.49. The van der Waals surface area contributed by atoms with Gasteiger partial charge in [0.15, 0.2) is 5.78 Å². The zero-order valence-corrected chi connectivity index (χ0v) is 13.1. The Morgan fingerprint density at radius 1 is 1.20 bits per heavy atom. The van der Waals surface area contributed by atoms with Crippen molar-refractivity contribution in [1.82, 2.24) is 0 Å². The van der Waals surface area contributed by atoms with E-state index in [4.69, 9.17) is 0 Å². The molecular formula is C18H17BrO. The van der Waals surface area contributed by atoms with Crippen LogP contribution in [0.2, 0.25) is 0 Å². The van der Waals surface area contributed by atoms with E-state index in [0.717, 1.165) is 34.9 Å². The van der Waals surface area contributed by atoms with Crippen LogP contribution in [0.4, 0.5) is 0 Å². The second kappa shape index (κ2) is 5.53. The molecule has 1 nitrogen and oxygen atoms in total. The lowest BCUT2D eigenvalue weighted by molar-refractivity contribution is 0.0950. The fourth-order valence-electron chi connectivity index (χ4n) is 3.04. The van der Waals surface area contributed by atoms with E-state index in [1.165, 1.54) is 11.1 Å². The number of rotatable bonds is 2. The molecule has 0 spiro atoms. The van der Waals surface area contributed by atoms with Crippen LogP contribution in [-0.2, 0) is 6.42 Å². The standard InChI is InChI=1S/C18H17BrO/c1-12-9-10-17(19)16(11-12)18(20)15-8-4-6-13-5-2-3-7-14(13)15/h2-3,5,7,9-11,15H,4,6,8H2,1H3. The van der Waals surface area contributed by atoms with E-state index in [-0.39, 0.29) is 11.7 Å². The predicted octanol–water partition coefficient (Wildman–Crippen LogP) is 5.06. The van der Waals surface area contributed by atoms with Gasteiger partial charge in [-0.3, -0.25) is 4.79 Å². The molecule has 0 aliphatic heterocycles.